The molecule has 0 N–H and O–H groups in total. The van der Waals surface area contributed by atoms with Gasteiger partial charge in [0, 0.05) is 24.6 Å². The van der Waals surface area contributed by atoms with Gasteiger partial charge in [-0.1, -0.05) is 6.92 Å². The molecule has 0 aliphatic heterocycles. The van der Waals surface area contributed by atoms with Crippen LogP contribution in [0.5, 0.6) is 0 Å². The van der Waals surface area contributed by atoms with Crippen LogP contribution < -0.4 is 0 Å². The molecule has 0 aromatic carbocycles. The van der Waals surface area contributed by atoms with Gasteiger partial charge < -0.3 is 4.74 Å². The van der Waals surface area contributed by atoms with Gasteiger partial charge in [0.1, 0.15) is 5.78 Å². The van der Waals surface area contributed by atoms with Gasteiger partial charge in [-0.05, 0) is 13.3 Å². The second-order valence-corrected chi connectivity index (χ2v) is 3.65. The van der Waals surface area contributed by atoms with E-state index in [0.717, 1.165) is 0 Å². The lowest BCUT2D eigenvalue weighted by Gasteiger charge is -2.07. The Morgan fingerprint density at radius 2 is 2.00 bits per heavy atom. The van der Waals surface area contributed by atoms with Crippen molar-refractivity contribution in [1.82, 2.24) is 0 Å². The first kappa shape index (κ1) is 13.4. The number of carbonyl (C=O) groups excluding carboxylic acids is 2. The lowest BCUT2D eigenvalue weighted by molar-refractivity contribution is -0.143. The molecule has 1 unspecified atom stereocenters. The minimum atomic E-state index is -0.248. The smallest absolute Gasteiger partial charge is 0.305 e. The molecule has 0 aromatic heterocycles. The molecule has 0 heterocycles. The SMILES string of the molecule is CCOC(=O)CCC(Cl)CC(=O)CC. The molecule has 3 nitrogen and oxygen atoms in total. The zero-order valence-electron chi connectivity index (χ0n) is 8.72. The fourth-order valence-electron chi connectivity index (χ4n) is 1.00. The fraction of sp³-hybridized carbons (Fsp3) is 0.800. The predicted molar refractivity (Wildman–Crippen MR) is 55.4 cm³/mol. The van der Waals surface area contributed by atoms with Gasteiger partial charge in [-0.15, -0.1) is 11.6 Å². The lowest BCUT2D eigenvalue weighted by Crippen LogP contribution is -2.11. The first-order valence-corrected chi connectivity index (χ1v) is 5.35. The first-order chi connectivity index (χ1) is 6.60. The summed E-state index contributed by atoms with van der Waals surface area (Å²) in [5.41, 5.74) is 0. The molecular weight excluding hydrogens is 204 g/mol. The quantitative estimate of drug-likeness (QED) is 0.489. The summed E-state index contributed by atoms with van der Waals surface area (Å²) in [7, 11) is 0. The highest BCUT2D eigenvalue weighted by Crippen LogP contribution is 2.11. The van der Waals surface area contributed by atoms with Crippen molar-refractivity contribution in [2.45, 2.75) is 44.9 Å². The van der Waals surface area contributed by atoms with Crippen LogP contribution in [0.15, 0.2) is 0 Å². The van der Waals surface area contributed by atoms with E-state index < -0.39 is 0 Å². The average Bonchev–Trinajstić information content (AvgIpc) is 2.15. The van der Waals surface area contributed by atoms with E-state index >= 15 is 0 Å². The first-order valence-electron chi connectivity index (χ1n) is 4.91. The number of esters is 1. The van der Waals surface area contributed by atoms with Gasteiger partial charge in [0.05, 0.1) is 6.61 Å². The van der Waals surface area contributed by atoms with E-state index in [1.807, 2.05) is 0 Å². The number of hydrogen-bond donors (Lipinski definition) is 0. The van der Waals surface area contributed by atoms with Gasteiger partial charge in [0.15, 0.2) is 0 Å². The van der Waals surface area contributed by atoms with Crippen molar-refractivity contribution >= 4 is 23.4 Å². The van der Waals surface area contributed by atoms with Gasteiger partial charge in [-0.2, -0.15) is 0 Å². The Hall–Kier alpha value is -0.570. The van der Waals surface area contributed by atoms with E-state index in [1.54, 1.807) is 13.8 Å². The highest BCUT2D eigenvalue weighted by Gasteiger charge is 2.12. The van der Waals surface area contributed by atoms with Gasteiger partial charge in [-0.3, -0.25) is 9.59 Å². The van der Waals surface area contributed by atoms with Crippen molar-refractivity contribution in [3.05, 3.63) is 0 Å². The van der Waals surface area contributed by atoms with Crippen LogP contribution in [0.2, 0.25) is 0 Å². The van der Waals surface area contributed by atoms with Gasteiger partial charge in [0.2, 0.25) is 0 Å². The Morgan fingerprint density at radius 3 is 2.50 bits per heavy atom. The molecule has 14 heavy (non-hydrogen) atoms. The van der Waals surface area contributed by atoms with Gasteiger partial charge in [0.25, 0.3) is 0 Å². The Morgan fingerprint density at radius 1 is 1.36 bits per heavy atom. The number of ketones is 1. The van der Waals surface area contributed by atoms with Crippen molar-refractivity contribution in [2.24, 2.45) is 0 Å². The fourth-order valence-corrected chi connectivity index (χ4v) is 1.28. The van der Waals surface area contributed by atoms with E-state index in [4.69, 9.17) is 16.3 Å². The van der Waals surface area contributed by atoms with Gasteiger partial charge in [-0.25, -0.2) is 0 Å². The largest absolute Gasteiger partial charge is 0.466 e. The third-order valence-electron chi connectivity index (χ3n) is 1.81. The number of ether oxygens (including phenoxy) is 1. The van der Waals surface area contributed by atoms with E-state index in [-0.39, 0.29) is 17.1 Å². The van der Waals surface area contributed by atoms with Crippen LogP contribution >= 0.6 is 11.6 Å². The highest BCUT2D eigenvalue weighted by molar-refractivity contribution is 6.21. The predicted octanol–water partition coefficient (Wildman–Crippen LogP) is 2.31. The summed E-state index contributed by atoms with van der Waals surface area (Å²) in [5, 5.41) is -0.244. The molecule has 82 valence electrons. The monoisotopic (exact) mass is 220 g/mol. The average molecular weight is 221 g/mol. The number of rotatable bonds is 7. The van der Waals surface area contributed by atoms with Crippen LogP contribution in [-0.2, 0) is 14.3 Å². The summed E-state index contributed by atoms with van der Waals surface area (Å²) in [4.78, 5) is 21.9. The molecule has 0 aliphatic rings. The minimum absolute atomic E-state index is 0.133. The Balaban J connectivity index is 3.57. The number of carbonyl (C=O) groups is 2. The van der Waals surface area contributed by atoms with Crippen LogP contribution in [0.3, 0.4) is 0 Å². The lowest BCUT2D eigenvalue weighted by atomic mass is 10.1. The Bertz CT molecular complexity index is 192. The zero-order chi connectivity index (χ0) is 11.0. The van der Waals surface area contributed by atoms with E-state index in [9.17, 15) is 9.59 Å². The number of hydrogen-bond acceptors (Lipinski definition) is 3. The molecule has 0 fully saturated rings. The highest BCUT2D eigenvalue weighted by atomic mass is 35.5. The molecule has 0 radical (unpaired) electrons. The topological polar surface area (TPSA) is 43.4 Å². The third kappa shape index (κ3) is 6.89. The summed E-state index contributed by atoms with van der Waals surface area (Å²) in [5.74, 6) is -0.115. The van der Waals surface area contributed by atoms with E-state index in [0.29, 0.717) is 32.3 Å². The molecule has 0 bridgehead atoms. The maximum Gasteiger partial charge on any atom is 0.305 e. The van der Waals surface area contributed by atoms with Crippen LogP contribution in [0.1, 0.15) is 39.5 Å². The summed E-state index contributed by atoms with van der Waals surface area (Å²) in [6.07, 6.45) is 1.64. The Labute approximate surface area is 89.8 Å². The third-order valence-corrected chi connectivity index (χ3v) is 2.18. The van der Waals surface area contributed by atoms with Crippen molar-refractivity contribution < 1.29 is 14.3 Å². The number of Topliss-reactive ketones (excluding diaryl/α,β-unsaturated/α-hetero) is 1. The molecule has 0 spiro atoms. The molecule has 4 heteroatoms. The summed E-state index contributed by atoms with van der Waals surface area (Å²) in [6.45, 7) is 3.95. The number of halogens is 1. The molecule has 0 aromatic rings. The maximum absolute atomic E-state index is 11.0. The molecule has 0 amide bonds. The van der Waals surface area contributed by atoms with Crippen molar-refractivity contribution in [1.29, 1.82) is 0 Å². The van der Waals surface area contributed by atoms with Crippen LogP contribution in [-0.4, -0.2) is 23.7 Å². The van der Waals surface area contributed by atoms with Gasteiger partial charge >= 0.3 is 5.97 Å². The summed E-state index contributed by atoms with van der Waals surface area (Å²) >= 11 is 5.87. The normalized spacial score (nSPS) is 12.2. The summed E-state index contributed by atoms with van der Waals surface area (Å²) in [6, 6.07) is 0. The summed E-state index contributed by atoms with van der Waals surface area (Å²) < 4.78 is 4.74. The minimum Gasteiger partial charge on any atom is -0.466 e. The van der Waals surface area contributed by atoms with Crippen LogP contribution in [0.25, 0.3) is 0 Å². The molecule has 1 atom stereocenters. The van der Waals surface area contributed by atoms with E-state index in [2.05, 4.69) is 0 Å². The molecule has 0 saturated carbocycles. The Kier molecular flexibility index (Phi) is 7.48. The number of alkyl halides is 1. The second-order valence-electron chi connectivity index (χ2n) is 3.04. The van der Waals surface area contributed by atoms with Crippen LogP contribution in [0, 0.1) is 0 Å². The van der Waals surface area contributed by atoms with E-state index in [1.165, 1.54) is 0 Å². The molecule has 0 aliphatic carbocycles. The second kappa shape index (κ2) is 7.80. The maximum atomic E-state index is 11.0. The zero-order valence-corrected chi connectivity index (χ0v) is 9.47. The standard InChI is InChI=1S/C10H17ClO3/c1-3-9(12)7-8(11)5-6-10(13)14-4-2/h8H,3-7H2,1-2H3. The molecular formula is C10H17ClO3. The molecule has 0 rings (SSSR count). The van der Waals surface area contributed by atoms with Crippen LogP contribution in [0.4, 0.5) is 0 Å². The van der Waals surface area contributed by atoms with Crippen molar-refractivity contribution in [2.75, 3.05) is 6.61 Å². The van der Waals surface area contributed by atoms with Crippen molar-refractivity contribution in [3.63, 3.8) is 0 Å². The molecule has 0 saturated heterocycles. The van der Waals surface area contributed by atoms with Crippen molar-refractivity contribution in [3.8, 4) is 0 Å².